The summed E-state index contributed by atoms with van der Waals surface area (Å²) in [5.41, 5.74) is 0. The van der Waals surface area contributed by atoms with Crippen molar-refractivity contribution in [3.8, 4) is 0 Å². The molecule has 4 saturated carbocycles. The summed E-state index contributed by atoms with van der Waals surface area (Å²) in [6.45, 7) is 7.07. The highest BCUT2D eigenvalue weighted by Gasteiger charge is 2.34. The van der Waals surface area contributed by atoms with Crippen molar-refractivity contribution in [2.24, 2.45) is 41.4 Å². The van der Waals surface area contributed by atoms with Crippen LogP contribution in [0.5, 0.6) is 0 Å². The lowest BCUT2D eigenvalue weighted by atomic mass is 9.65. The van der Waals surface area contributed by atoms with Gasteiger partial charge in [-0.15, -0.1) is 6.58 Å². The van der Waals surface area contributed by atoms with E-state index in [1.807, 2.05) is 0 Å². The van der Waals surface area contributed by atoms with E-state index in [1.165, 1.54) is 64.2 Å². The van der Waals surface area contributed by atoms with Gasteiger partial charge in [-0.1, -0.05) is 31.8 Å². The maximum absolute atomic E-state index is 5.84. The van der Waals surface area contributed by atoms with Gasteiger partial charge in [0, 0.05) is 6.61 Å². The molecule has 0 unspecified atom stereocenters. The van der Waals surface area contributed by atoms with Crippen molar-refractivity contribution in [3.05, 3.63) is 12.7 Å². The number of hydrogen-bond acceptors (Lipinski definition) is 1. The Morgan fingerprint density at radius 3 is 1.39 bits per heavy atom. The van der Waals surface area contributed by atoms with Gasteiger partial charge in [-0.25, -0.2) is 0 Å². The van der Waals surface area contributed by atoms with Gasteiger partial charge in [0.25, 0.3) is 0 Å². The van der Waals surface area contributed by atoms with E-state index in [9.17, 15) is 0 Å². The van der Waals surface area contributed by atoms with Gasteiger partial charge in [0.15, 0.2) is 0 Å². The summed E-state index contributed by atoms with van der Waals surface area (Å²) < 4.78 is 5.84. The van der Waals surface area contributed by atoms with Gasteiger partial charge in [-0.3, -0.25) is 0 Å². The second kappa shape index (κ2) is 12.2. The van der Waals surface area contributed by atoms with Crippen LogP contribution in [0.2, 0.25) is 0 Å². The van der Waals surface area contributed by atoms with Crippen molar-refractivity contribution in [3.63, 3.8) is 0 Å². The van der Waals surface area contributed by atoms with Gasteiger partial charge in [0.1, 0.15) is 0 Å². The highest BCUT2D eigenvalue weighted by molar-refractivity contribution is 4.89. The Balaban J connectivity index is 1.09. The molecule has 31 heavy (non-hydrogen) atoms. The molecule has 0 N–H and O–H groups in total. The number of hydrogen-bond donors (Lipinski definition) is 0. The van der Waals surface area contributed by atoms with E-state index < -0.39 is 0 Å². The number of allylic oxidation sites excluding steroid dienone is 1. The molecular formula is C30H52O. The molecule has 0 aliphatic heterocycles. The minimum absolute atomic E-state index is 0.578. The van der Waals surface area contributed by atoms with Crippen LogP contribution < -0.4 is 0 Å². The van der Waals surface area contributed by atoms with Crippen LogP contribution >= 0.6 is 0 Å². The largest absolute Gasteiger partial charge is 0.379 e. The van der Waals surface area contributed by atoms with Crippen LogP contribution in [0, 0.1) is 41.4 Å². The average Bonchev–Trinajstić information content (AvgIpc) is 2.84. The van der Waals surface area contributed by atoms with Crippen molar-refractivity contribution in [2.45, 2.75) is 129 Å². The Morgan fingerprint density at radius 2 is 0.968 bits per heavy atom. The molecule has 0 radical (unpaired) electrons. The molecule has 0 heterocycles. The topological polar surface area (TPSA) is 9.23 Å². The number of ether oxygens (including phenoxy) is 1. The molecule has 0 bridgehead atoms. The summed E-state index contributed by atoms with van der Waals surface area (Å²) >= 11 is 0. The standard InChI is InChI=1S/C30H52O/c1-3-23-7-13-26(14-8-23)28-17-19-29(20-18-28)27-15-9-24(10-16-27)5-6-25-11-21-30(22-12-25)31-4-2/h3,23-30H,1,4-22H2,2H3. The zero-order chi connectivity index (χ0) is 21.5. The lowest BCUT2D eigenvalue weighted by molar-refractivity contribution is 0.0236. The molecule has 0 saturated heterocycles. The fourth-order valence-corrected chi connectivity index (χ4v) is 8.18. The molecule has 4 rings (SSSR count). The molecule has 4 aliphatic carbocycles. The summed E-state index contributed by atoms with van der Waals surface area (Å²) in [5, 5.41) is 0. The smallest absolute Gasteiger partial charge is 0.0575 e. The Morgan fingerprint density at radius 1 is 0.581 bits per heavy atom. The monoisotopic (exact) mass is 428 g/mol. The zero-order valence-electron chi connectivity index (χ0n) is 20.7. The maximum Gasteiger partial charge on any atom is 0.0575 e. The van der Waals surface area contributed by atoms with Crippen LogP contribution in [0.15, 0.2) is 12.7 Å². The molecule has 0 spiro atoms. The average molecular weight is 429 g/mol. The van der Waals surface area contributed by atoms with E-state index in [0.29, 0.717) is 6.10 Å². The van der Waals surface area contributed by atoms with Gasteiger partial charge in [-0.05, 0) is 138 Å². The molecule has 0 amide bonds. The summed E-state index contributed by atoms with van der Waals surface area (Å²) in [6.07, 6.45) is 29.6. The summed E-state index contributed by atoms with van der Waals surface area (Å²) in [6, 6.07) is 0. The van der Waals surface area contributed by atoms with Gasteiger partial charge < -0.3 is 4.74 Å². The third-order valence-electron chi connectivity index (χ3n) is 10.4. The molecule has 0 atom stereocenters. The van der Waals surface area contributed by atoms with E-state index in [2.05, 4.69) is 19.6 Å². The molecule has 1 heteroatoms. The minimum Gasteiger partial charge on any atom is -0.379 e. The summed E-state index contributed by atoms with van der Waals surface area (Å²) in [4.78, 5) is 0. The molecule has 0 aromatic heterocycles. The van der Waals surface area contributed by atoms with E-state index in [1.54, 1.807) is 51.4 Å². The Kier molecular flexibility index (Phi) is 9.42. The minimum atomic E-state index is 0.578. The molecule has 0 aromatic rings. The van der Waals surface area contributed by atoms with Crippen LogP contribution in [0.25, 0.3) is 0 Å². The first-order valence-corrected chi connectivity index (χ1v) is 14.5. The fourth-order valence-electron chi connectivity index (χ4n) is 8.18. The third-order valence-corrected chi connectivity index (χ3v) is 10.4. The van der Waals surface area contributed by atoms with Crippen LogP contribution in [0.4, 0.5) is 0 Å². The van der Waals surface area contributed by atoms with Crippen molar-refractivity contribution >= 4 is 0 Å². The predicted molar refractivity (Wildman–Crippen MR) is 133 cm³/mol. The highest BCUT2D eigenvalue weighted by atomic mass is 16.5. The fraction of sp³-hybridized carbons (Fsp3) is 0.933. The van der Waals surface area contributed by atoms with Crippen LogP contribution in [-0.2, 0) is 4.74 Å². The Bertz CT molecular complexity index is 495. The lowest BCUT2D eigenvalue weighted by Gasteiger charge is -2.41. The van der Waals surface area contributed by atoms with Crippen molar-refractivity contribution in [1.82, 2.24) is 0 Å². The quantitative estimate of drug-likeness (QED) is 0.350. The van der Waals surface area contributed by atoms with Gasteiger partial charge in [0.2, 0.25) is 0 Å². The third kappa shape index (κ3) is 6.84. The summed E-state index contributed by atoms with van der Waals surface area (Å²) in [7, 11) is 0. The van der Waals surface area contributed by atoms with Gasteiger partial charge in [0.05, 0.1) is 6.10 Å². The van der Waals surface area contributed by atoms with Crippen LogP contribution in [-0.4, -0.2) is 12.7 Å². The first-order chi connectivity index (χ1) is 15.2. The van der Waals surface area contributed by atoms with Gasteiger partial charge in [-0.2, -0.15) is 0 Å². The normalized spacial score (nSPS) is 42.2. The molecule has 1 nitrogen and oxygen atoms in total. The Labute approximate surface area is 194 Å². The van der Waals surface area contributed by atoms with Crippen LogP contribution in [0.1, 0.15) is 122 Å². The lowest BCUT2D eigenvalue weighted by Crippen LogP contribution is -2.29. The first-order valence-electron chi connectivity index (χ1n) is 14.5. The molecular weight excluding hydrogens is 376 g/mol. The first kappa shape index (κ1) is 23.8. The second-order valence-corrected chi connectivity index (χ2v) is 12.0. The predicted octanol–water partition coefficient (Wildman–Crippen LogP) is 8.97. The van der Waals surface area contributed by atoms with E-state index in [-0.39, 0.29) is 0 Å². The molecule has 178 valence electrons. The molecule has 4 fully saturated rings. The van der Waals surface area contributed by atoms with E-state index in [0.717, 1.165) is 48.0 Å². The van der Waals surface area contributed by atoms with Crippen molar-refractivity contribution in [2.75, 3.05) is 6.61 Å². The number of rotatable bonds is 8. The SMILES string of the molecule is C=CC1CCC(C2CCC(C3CCC(CCC4CCC(OCC)CC4)CC3)CC2)CC1. The molecule has 4 aliphatic rings. The van der Waals surface area contributed by atoms with E-state index >= 15 is 0 Å². The highest BCUT2D eigenvalue weighted by Crippen LogP contribution is 2.46. The maximum atomic E-state index is 5.84. The molecule has 0 aromatic carbocycles. The zero-order valence-corrected chi connectivity index (χ0v) is 20.7. The van der Waals surface area contributed by atoms with Crippen LogP contribution in [0.3, 0.4) is 0 Å². The van der Waals surface area contributed by atoms with Gasteiger partial charge >= 0.3 is 0 Å². The second-order valence-electron chi connectivity index (χ2n) is 12.0. The Hall–Kier alpha value is -0.300. The van der Waals surface area contributed by atoms with Crippen molar-refractivity contribution in [1.29, 1.82) is 0 Å². The summed E-state index contributed by atoms with van der Waals surface area (Å²) in [5.74, 6) is 7.16. The van der Waals surface area contributed by atoms with E-state index in [4.69, 9.17) is 4.74 Å². The van der Waals surface area contributed by atoms with Crippen molar-refractivity contribution < 1.29 is 4.74 Å².